The Labute approximate surface area is 183 Å². The van der Waals surface area contributed by atoms with E-state index < -0.39 is 0 Å². The highest BCUT2D eigenvalue weighted by Gasteiger charge is 2.40. The normalized spacial score (nSPS) is 24.9. The molecular weight excluding hydrogens is 368 g/mol. The number of hydrogen-bond donors (Lipinski definition) is 2. The number of allylic oxidation sites excluding steroid dienone is 3. The number of aliphatic hydroxyl groups excluding tert-OH is 1. The summed E-state index contributed by atoms with van der Waals surface area (Å²) in [5.74, 6) is 1.65. The molecule has 2 N–H and O–H groups in total. The van der Waals surface area contributed by atoms with E-state index >= 15 is 0 Å². The first-order valence-electron chi connectivity index (χ1n) is 12.0. The van der Waals surface area contributed by atoms with Crippen LogP contribution in [0.2, 0.25) is 0 Å². The van der Waals surface area contributed by atoms with E-state index in [1.54, 1.807) is 0 Å². The van der Waals surface area contributed by atoms with Gasteiger partial charge in [-0.05, 0) is 77.9 Å². The van der Waals surface area contributed by atoms with Gasteiger partial charge in [0.05, 0.1) is 0 Å². The minimum Gasteiger partial charge on any atom is -0.507 e. The van der Waals surface area contributed by atoms with E-state index in [1.807, 2.05) is 0 Å². The fourth-order valence-corrected chi connectivity index (χ4v) is 6.00. The molecule has 164 valence electrons. The van der Waals surface area contributed by atoms with Gasteiger partial charge in [-0.1, -0.05) is 66.5 Å². The Balaban J connectivity index is 2.03. The van der Waals surface area contributed by atoms with Crippen molar-refractivity contribution in [2.24, 2.45) is 17.3 Å². The summed E-state index contributed by atoms with van der Waals surface area (Å²) in [6, 6.07) is 2.26. The summed E-state index contributed by atoms with van der Waals surface area (Å²) >= 11 is 0. The van der Waals surface area contributed by atoms with Crippen LogP contribution in [0.15, 0.2) is 23.5 Å². The predicted octanol–water partition coefficient (Wildman–Crippen LogP) is 7.63. The number of benzene rings is 1. The van der Waals surface area contributed by atoms with Crippen LogP contribution >= 0.6 is 0 Å². The highest BCUT2D eigenvalue weighted by Crippen LogP contribution is 2.53. The molecule has 2 unspecified atom stereocenters. The lowest BCUT2D eigenvalue weighted by Gasteiger charge is -2.40. The molecule has 0 amide bonds. The van der Waals surface area contributed by atoms with Crippen molar-refractivity contribution < 1.29 is 10.2 Å². The largest absolute Gasteiger partial charge is 0.507 e. The zero-order chi connectivity index (χ0) is 21.8. The Kier molecular flexibility index (Phi) is 5.36. The summed E-state index contributed by atoms with van der Waals surface area (Å²) in [5.41, 5.74) is 6.56. The molecule has 4 rings (SSSR count). The number of phenols is 1. The second-order valence-electron chi connectivity index (χ2n) is 11.9. The van der Waals surface area contributed by atoms with Gasteiger partial charge in [0.25, 0.3) is 0 Å². The van der Waals surface area contributed by atoms with Crippen molar-refractivity contribution in [2.45, 2.75) is 98.3 Å². The maximum absolute atomic E-state index is 11.7. The van der Waals surface area contributed by atoms with Crippen LogP contribution in [0.25, 0.3) is 5.57 Å². The van der Waals surface area contributed by atoms with E-state index in [1.165, 1.54) is 43.2 Å². The lowest BCUT2D eigenvalue weighted by molar-refractivity contribution is 0.304. The van der Waals surface area contributed by atoms with Crippen molar-refractivity contribution in [3.8, 4) is 5.75 Å². The van der Waals surface area contributed by atoms with Gasteiger partial charge >= 0.3 is 0 Å². The lowest BCUT2D eigenvalue weighted by Crippen LogP contribution is -2.29. The number of aromatic hydroxyl groups is 1. The monoisotopic (exact) mass is 408 g/mol. The van der Waals surface area contributed by atoms with E-state index in [9.17, 15) is 10.2 Å². The van der Waals surface area contributed by atoms with E-state index in [-0.39, 0.29) is 10.8 Å². The molecule has 30 heavy (non-hydrogen) atoms. The molecule has 3 aliphatic rings. The molecule has 1 aromatic carbocycles. The Hall–Kier alpha value is -1.70. The summed E-state index contributed by atoms with van der Waals surface area (Å²) in [6.07, 6.45) is 11.6. The van der Waals surface area contributed by atoms with E-state index in [0.29, 0.717) is 23.3 Å². The Morgan fingerprint density at radius 1 is 0.833 bits per heavy atom. The van der Waals surface area contributed by atoms with Crippen LogP contribution < -0.4 is 0 Å². The van der Waals surface area contributed by atoms with Crippen molar-refractivity contribution in [3.63, 3.8) is 0 Å². The molecule has 0 heterocycles. The van der Waals surface area contributed by atoms with Crippen molar-refractivity contribution in [1.29, 1.82) is 0 Å². The standard InChI is InChI=1S/C28H40O2/c1-27(2,3)21-15-17-11-7-9-13-19(17)23(25(21)29)24-20-14-10-8-12-18(20)16-22(26(24)30)28(4,5)6/h15-17,19,29-30H,7-14H2,1-6H3. The quantitative estimate of drug-likeness (QED) is 0.501. The molecule has 3 aliphatic carbocycles. The molecule has 0 radical (unpaired) electrons. The molecule has 2 atom stereocenters. The van der Waals surface area contributed by atoms with Crippen LogP contribution in [-0.2, 0) is 18.3 Å². The Morgan fingerprint density at radius 3 is 2.17 bits per heavy atom. The highest BCUT2D eigenvalue weighted by molar-refractivity contribution is 5.82. The van der Waals surface area contributed by atoms with Gasteiger partial charge in [-0.3, -0.25) is 0 Å². The second-order valence-corrected chi connectivity index (χ2v) is 11.9. The van der Waals surface area contributed by atoms with Gasteiger partial charge in [-0.25, -0.2) is 0 Å². The maximum Gasteiger partial charge on any atom is 0.127 e. The summed E-state index contributed by atoms with van der Waals surface area (Å²) in [4.78, 5) is 0. The van der Waals surface area contributed by atoms with Crippen LogP contribution in [0.3, 0.4) is 0 Å². The molecule has 1 aromatic rings. The molecule has 0 aromatic heterocycles. The predicted molar refractivity (Wildman–Crippen MR) is 126 cm³/mol. The molecular formula is C28H40O2. The fraction of sp³-hybridized carbons (Fsp3) is 0.643. The topological polar surface area (TPSA) is 40.5 Å². The second kappa shape index (κ2) is 7.46. The average Bonchev–Trinajstić information content (AvgIpc) is 2.66. The van der Waals surface area contributed by atoms with Gasteiger partial charge in [-0.15, -0.1) is 0 Å². The Bertz CT molecular complexity index is 902. The third kappa shape index (κ3) is 3.61. The Morgan fingerprint density at radius 2 is 1.50 bits per heavy atom. The summed E-state index contributed by atoms with van der Waals surface area (Å²) in [6.45, 7) is 13.1. The first-order valence-corrected chi connectivity index (χ1v) is 12.0. The molecule has 1 saturated carbocycles. The van der Waals surface area contributed by atoms with Crippen LogP contribution in [0, 0.1) is 17.3 Å². The number of fused-ring (bicyclic) bond motifs is 2. The SMILES string of the molecule is CC(C)(C)C1=CC2CCCCC2C(c2c(O)c(C(C)(C)C)cc3c2CCCC3)=C1O. The molecule has 0 bridgehead atoms. The molecule has 0 saturated heterocycles. The van der Waals surface area contributed by atoms with Crippen molar-refractivity contribution in [2.75, 3.05) is 0 Å². The first kappa shape index (κ1) is 21.5. The lowest BCUT2D eigenvalue weighted by atomic mass is 9.64. The van der Waals surface area contributed by atoms with E-state index in [0.717, 1.165) is 41.5 Å². The summed E-state index contributed by atoms with van der Waals surface area (Å²) in [7, 11) is 0. The van der Waals surface area contributed by atoms with Crippen LogP contribution in [0.1, 0.15) is 102 Å². The zero-order valence-corrected chi connectivity index (χ0v) is 19.9. The van der Waals surface area contributed by atoms with Crippen molar-refractivity contribution in [1.82, 2.24) is 0 Å². The zero-order valence-electron chi connectivity index (χ0n) is 19.9. The van der Waals surface area contributed by atoms with E-state index in [4.69, 9.17) is 0 Å². The van der Waals surface area contributed by atoms with Gasteiger partial charge in [0, 0.05) is 16.7 Å². The smallest absolute Gasteiger partial charge is 0.127 e. The maximum atomic E-state index is 11.7. The molecule has 2 heteroatoms. The third-order valence-corrected chi connectivity index (χ3v) is 7.59. The summed E-state index contributed by atoms with van der Waals surface area (Å²) < 4.78 is 0. The number of rotatable bonds is 1. The average molecular weight is 409 g/mol. The molecule has 0 spiro atoms. The van der Waals surface area contributed by atoms with Crippen LogP contribution in [0.5, 0.6) is 5.75 Å². The minimum atomic E-state index is -0.134. The van der Waals surface area contributed by atoms with Gasteiger partial charge in [0.15, 0.2) is 0 Å². The first-order chi connectivity index (χ1) is 14.0. The van der Waals surface area contributed by atoms with E-state index in [2.05, 4.69) is 53.7 Å². The van der Waals surface area contributed by atoms with Crippen LogP contribution in [-0.4, -0.2) is 10.2 Å². The van der Waals surface area contributed by atoms with Gasteiger partial charge in [0.2, 0.25) is 0 Å². The van der Waals surface area contributed by atoms with Gasteiger partial charge < -0.3 is 10.2 Å². The number of hydrogen-bond acceptors (Lipinski definition) is 2. The van der Waals surface area contributed by atoms with Gasteiger partial charge in [-0.2, -0.15) is 0 Å². The molecule has 1 fully saturated rings. The third-order valence-electron chi connectivity index (χ3n) is 7.59. The highest BCUT2D eigenvalue weighted by atomic mass is 16.3. The molecule has 2 nitrogen and oxygen atoms in total. The number of aliphatic hydroxyl groups is 1. The van der Waals surface area contributed by atoms with Crippen LogP contribution in [0.4, 0.5) is 0 Å². The van der Waals surface area contributed by atoms with Crippen molar-refractivity contribution >= 4 is 5.57 Å². The van der Waals surface area contributed by atoms with Crippen molar-refractivity contribution in [3.05, 3.63) is 45.7 Å². The molecule has 0 aliphatic heterocycles. The fourth-order valence-electron chi connectivity index (χ4n) is 6.00. The number of aryl methyl sites for hydroxylation is 1. The number of phenolic OH excluding ortho intramolecular Hbond substituents is 1. The van der Waals surface area contributed by atoms with Gasteiger partial charge in [0.1, 0.15) is 11.5 Å². The minimum absolute atomic E-state index is 0.116. The summed E-state index contributed by atoms with van der Waals surface area (Å²) in [5, 5.41) is 23.3.